The Balaban J connectivity index is 1.83. The lowest BCUT2D eigenvalue weighted by molar-refractivity contribution is 0.0948. The van der Waals surface area contributed by atoms with Crippen molar-refractivity contribution in [1.82, 2.24) is 5.32 Å². The molecule has 1 heterocycles. The normalized spacial score (nSPS) is 18.8. The Labute approximate surface area is 105 Å². The quantitative estimate of drug-likeness (QED) is 0.752. The highest BCUT2D eigenvalue weighted by Crippen LogP contribution is 2.22. The van der Waals surface area contributed by atoms with Gasteiger partial charge in [-0.2, -0.15) is 0 Å². The molecule has 1 unspecified atom stereocenters. The van der Waals surface area contributed by atoms with Gasteiger partial charge in [-0.05, 0) is 30.9 Å². The fourth-order valence-corrected chi connectivity index (χ4v) is 2.01. The molecule has 0 radical (unpaired) electrons. The molecule has 1 aromatic carbocycles. The summed E-state index contributed by atoms with van der Waals surface area (Å²) in [7, 11) is 0. The van der Waals surface area contributed by atoms with Gasteiger partial charge >= 0.3 is 0 Å². The molecular formula is C13H17NO4. The number of rotatable bonds is 4. The molecule has 5 heteroatoms. The van der Waals surface area contributed by atoms with Gasteiger partial charge in [0, 0.05) is 25.8 Å². The third-order valence-corrected chi connectivity index (χ3v) is 3.09. The minimum Gasteiger partial charge on any atom is -0.508 e. The highest BCUT2D eigenvalue weighted by atomic mass is 16.5. The van der Waals surface area contributed by atoms with Crippen LogP contribution in [0.3, 0.4) is 0 Å². The third kappa shape index (κ3) is 3.13. The first-order chi connectivity index (χ1) is 8.66. The number of ether oxygens (including phenoxy) is 1. The van der Waals surface area contributed by atoms with Crippen LogP contribution in [-0.2, 0) is 4.74 Å². The lowest BCUT2D eigenvalue weighted by Gasteiger charge is -2.09. The van der Waals surface area contributed by atoms with Crippen LogP contribution in [0.15, 0.2) is 18.2 Å². The summed E-state index contributed by atoms with van der Waals surface area (Å²) in [6, 6.07) is 3.93. The number of carbonyl (C=O) groups excluding carboxylic acids is 1. The van der Waals surface area contributed by atoms with Gasteiger partial charge in [0.2, 0.25) is 0 Å². The molecule has 1 atom stereocenters. The third-order valence-electron chi connectivity index (χ3n) is 3.09. The van der Waals surface area contributed by atoms with Crippen LogP contribution in [0.1, 0.15) is 23.2 Å². The Bertz CT molecular complexity index is 427. The van der Waals surface area contributed by atoms with E-state index in [-0.39, 0.29) is 23.0 Å². The number of phenolic OH excluding ortho intramolecular Hbond substituents is 2. The summed E-state index contributed by atoms with van der Waals surface area (Å²) < 4.78 is 5.25. The van der Waals surface area contributed by atoms with Crippen molar-refractivity contribution >= 4 is 5.91 Å². The number of phenols is 2. The standard InChI is InChI=1S/C13H17NO4/c15-10-1-2-11(12(16)7-10)13(17)14-5-3-9-4-6-18-8-9/h1-2,7,9,15-16H,3-6,8H2,(H,14,17). The first kappa shape index (κ1) is 12.7. The van der Waals surface area contributed by atoms with E-state index in [1.165, 1.54) is 12.1 Å². The fraction of sp³-hybridized carbons (Fsp3) is 0.462. The minimum absolute atomic E-state index is 0.0628. The Morgan fingerprint density at radius 1 is 1.44 bits per heavy atom. The molecule has 0 spiro atoms. The van der Waals surface area contributed by atoms with E-state index in [0.29, 0.717) is 12.5 Å². The van der Waals surface area contributed by atoms with Crippen molar-refractivity contribution in [3.63, 3.8) is 0 Å². The molecule has 0 aliphatic carbocycles. The number of hydrogen-bond donors (Lipinski definition) is 3. The van der Waals surface area contributed by atoms with Gasteiger partial charge in [-0.15, -0.1) is 0 Å². The molecule has 0 saturated carbocycles. The second-order valence-corrected chi connectivity index (χ2v) is 4.48. The van der Waals surface area contributed by atoms with E-state index < -0.39 is 0 Å². The van der Waals surface area contributed by atoms with Crippen molar-refractivity contribution in [1.29, 1.82) is 0 Å². The first-order valence-electron chi connectivity index (χ1n) is 6.05. The summed E-state index contributed by atoms with van der Waals surface area (Å²) in [5.74, 6) is -0.0889. The van der Waals surface area contributed by atoms with E-state index in [1.807, 2.05) is 0 Å². The molecule has 1 saturated heterocycles. The summed E-state index contributed by atoms with van der Waals surface area (Å²) in [5, 5.41) is 21.4. The van der Waals surface area contributed by atoms with Crippen molar-refractivity contribution in [2.24, 2.45) is 5.92 Å². The Morgan fingerprint density at radius 2 is 2.28 bits per heavy atom. The van der Waals surface area contributed by atoms with Gasteiger partial charge in [-0.1, -0.05) is 0 Å². The van der Waals surface area contributed by atoms with Gasteiger partial charge in [-0.25, -0.2) is 0 Å². The Morgan fingerprint density at radius 3 is 2.94 bits per heavy atom. The zero-order chi connectivity index (χ0) is 13.0. The minimum atomic E-state index is -0.327. The van der Waals surface area contributed by atoms with Crippen LogP contribution in [0.2, 0.25) is 0 Å². The average molecular weight is 251 g/mol. The smallest absolute Gasteiger partial charge is 0.255 e. The van der Waals surface area contributed by atoms with Gasteiger partial charge in [0.1, 0.15) is 11.5 Å². The van der Waals surface area contributed by atoms with E-state index in [2.05, 4.69) is 5.32 Å². The summed E-state index contributed by atoms with van der Waals surface area (Å²) in [5.41, 5.74) is 0.176. The number of carbonyl (C=O) groups is 1. The van der Waals surface area contributed by atoms with Crippen LogP contribution in [0.5, 0.6) is 11.5 Å². The van der Waals surface area contributed by atoms with Crippen LogP contribution in [0.25, 0.3) is 0 Å². The maximum atomic E-state index is 11.8. The maximum Gasteiger partial charge on any atom is 0.255 e. The fourth-order valence-electron chi connectivity index (χ4n) is 2.01. The zero-order valence-corrected chi connectivity index (χ0v) is 10.1. The molecule has 1 aliphatic heterocycles. The average Bonchev–Trinajstić information content (AvgIpc) is 2.81. The molecule has 3 N–H and O–H groups in total. The molecule has 0 bridgehead atoms. The van der Waals surface area contributed by atoms with Crippen LogP contribution in [0, 0.1) is 5.92 Å². The van der Waals surface area contributed by atoms with Gasteiger partial charge in [0.05, 0.1) is 5.56 Å². The van der Waals surface area contributed by atoms with Crippen molar-refractivity contribution in [2.75, 3.05) is 19.8 Å². The Kier molecular flexibility index (Phi) is 4.04. The molecule has 1 amide bonds. The van der Waals surface area contributed by atoms with Crippen LogP contribution < -0.4 is 5.32 Å². The molecule has 98 valence electrons. The van der Waals surface area contributed by atoms with Gasteiger partial charge in [-0.3, -0.25) is 4.79 Å². The Hall–Kier alpha value is -1.75. The lowest BCUT2D eigenvalue weighted by atomic mass is 10.1. The molecule has 1 aromatic rings. The molecule has 1 aliphatic rings. The second-order valence-electron chi connectivity index (χ2n) is 4.48. The largest absolute Gasteiger partial charge is 0.508 e. The van der Waals surface area contributed by atoms with Gasteiger partial charge in [0.15, 0.2) is 0 Å². The SMILES string of the molecule is O=C(NCCC1CCOC1)c1ccc(O)cc1O. The van der Waals surface area contributed by atoms with Crippen LogP contribution >= 0.6 is 0 Å². The van der Waals surface area contributed by atoms with E-state index >= 15 is 0 Å². The molecule has 5 nitrogen and oxygen atoms in total. The number of benzene rings is 1. The zero-order valence-electron chi connectivity index (χ0n) is 10.1. The predicted molar refractivity (Wildman–Crippen MR) is 65.6 cm³/mol. The summed E-state index contributed by atoms with van der Waals surface area (Å²) >= 11 is 0. The number of aromatic hydroxyl groups is 2. The molecule has 18 heavy (non-hydrogen) atoms. The van der Waals surface area contributed by atoms with Gasteiger partial charge < -0.3 is 20.3 Å². The lowest BCUT2D eigenvalue weighted by Crippen LogP contribution is -2.26. The summed E-state index contributed by atoms with van der Waals surface area (Å²) in [4.78, 5) is 11.8. The van der Waals surface area contributed by atoms with E-state index in [1.54, 1.807) is 0 Å². The number of amides is 1. The topological polar surface area (TPSA) is 78.8 Å². The van der Waals surface area contributed by atoms with Crippen molar-refractivity contribution in [2.45, 2.75) is 12.8 Å². The monoisotopic (exact) mass is 251 g/mol. The highest BCUT2D eigenvalue weighted by Gasteiger charge is 2.16. The van der Waals surface area contributed by atoms with Crippen molar-refractivity contribution in [3.8, 4) is 11.5 Å². The first-order valence-corrected chi connectivity index (χ1v) is 6.05. The maximum absolute atomic E-state index is 11.8. The summed E-state index contributed by atoms with van der Waals surface area (Å²) in [6.45, 7) is 2.13. The molecule has 1 fully saturated rings. The van der Waals surface area contributed by atoms with Crippen molar-refractivity contribution < 1.29 is 19.7 Å². The van der Waals surface area contributed by atoms with E-state index in [4.69, 9.17) is 9.84 Å². The second kappa shape index (κ2) is 5.73. The van der Waals surface area contributed by atoms with E-state index in [9.17, 15) is 9.90 Å². The highest BCUT2D eigenvalue weighted by molar-refractivity contribution is 5.96. The van der Waals surface area contributed by atoms with Crippen molar-refractivity contribution in [3.05, 3.63) is 23.8 Å². The van der Waals surface area contributed by atoms with Gasteiger partial charge in [0.25, 0.3) is 5.91 Å². The molecule has 2 rings (SSSR count). The van der Waals surface area contributed by atoms with E-state index in [0.717, 1.165) is 32.1 Å². The summed E-state index contributed by atoms with van der Waals surface area (Å²) in [6.07, 6.45) is 1.92. The van der Waals surface area contributed by atoms with Crippen LogP contribution in [0.4, 0.5) is 0 Å². The predicted octanol–water partition coefficient (Wildman–Crippen LogP) is 1.25. The molecular weight excluding hydrogens is 234 g/mol. The number of nitrogens with one attached hydrogen (secondary N) is 1. The van der Waals surface area contributed by atoms with Crippen LogP contribution in [-0.4, -0.2) is 35.9 Å². The number of hydrogen-bond acceptors (Lipinski definition) is 4. The molecule has 0 aromatic heterocycles.